The molecule has 4 N–H and O–H groups in total. The van der Waals surface area contributed by atoms with Crippen LogP contribution in [-0.2, 0) is 22.7 Å². The molecule has 1 aliphatic heterocycles. The van der Waals surface area contributed by atoms with E-state index in [1.54, 1.807) is 24.3 Å². The summed E-state index contributed by atoms with van der Waals surface area (Å²) in [4.78, 5) is 32.8. The quantitative estimate of drug-likeness (QED) is 0.216. The Morgan fingerprint density at radius 3 is 2.12 bits per heavy atom. The van der Waals surface area contributed by atoms with Crippen LogP contribution in [0.4, 0.5) is 30.7 Å². The number of benzene rings is 3. The van der Waals surface area contributed by atoms with E-state index >= 15 is 0 Å². The van der Waals surface area contributed by atoms with Gasteiger partial charge in [0.15, 0.2) is 0 Å². The number of piperazine rings is 1. The van der Waals surface area contributed by atoms with Crippen molar-refractivity contribution in [3.8, 4) is 16.9 Å². The number of aliphatic carboxylic acids is 2. The molecule has 3 aromatic carbocycles. The highest BCUT2D eigenvalue weighted by Gasteiger charge is 2.38. The van der Waals surface area contributed by atoms with E-state index < -0.39 is 24.3 Å². The van der Waals surface area contributed by atoms with Crippen molar-refractivity contribution >= 4 is 17.8 Å². The number of amides is 1. The lowest BCUT2D eigenvalue weighted by molar-refractivity contribution is -0.193. The van der Waals surface area contributed by atoms with E-state index in [0.29, 0.717) is 36.1 Å². The fourth-order valence-electron chi connectivity index (χ4n) is 4.33. The van der Waals surface area contributed by atoms with Gasteiger partial charge in [0.25, 0.3) is 5.91 Å². The molecule has 9 nitrogen and oxygen atoms in total. The third kappa shape index (κ3) is 13.6. The number of alkyl halides is 6. The first-order valence-electron chi connectivity index (χ1n) is 14.4. The maximum absolute atomic E-state index is 14.8. The zero-order valence-electron chi connectivity index (χ0n) is 25.8. The normalized spacial score (nSPS) is 14.8. The van der Waals surface area contributed by atoms with Crippen molar-refractivity contribution in [1.29, 1.82) is 0 Å². The van der Waals surface area contributed by atoms with E-state index in [0.717, 1.165) is 37.3 Å². The number of carbonyl (C=O) groups is 3. The van der Waals surface area contributed by atoms with E-state index in [1.807, 2.05) is 31.2 Å². The van der Waals surface area contributed by atoms with Gasteiger partial charge < -0.3 is 25.6 Å². The Hall–Kier alpha value is -4.70. The Morgan fingerprint density at radius 2 is 1.54 bits per heavy atom. The van der Waals surface area contributed by atoms with Crippen LogP contribution in [0.15, 0.2) is 66.7 Å². The third-order valence-electron chi connectivity index (χ3n) is 6.47. The molecule has 16 heteroatoms. The number of nitrogens with zero attached hydrogens (tertiary/aromatic N) is 1. The third-order valence-corrected chi connectivity index (χ3v) is 6.47. The highest BCUT2D eigenvalue weighted by atomic mass is 19.4. The summed E-state index contributed by atoms with van der Waals surface area (Å²) in [6.45, 7) is 8.78. The number of hydrogen-bond acceptors (Lipinski definition) is 6. The molecule has 262 valence electrons. The fourth-order valence-corrected chi connectivity index (χ4v) is 4.33. The number of hydrogen-bond donors (Lipinski definition) is 4. The largest absolute Gasteiger partial charge is 0.494 e. The Bertz CT molecular complexity index is 1510. The summed E-state index contributed by atoms with van der Waals surface area (Å²) in [5, 5.41) is 20.6. The minimum absolute atomic E-state index is 0.195. The van der Waals surface area contributed by atoms with E-state index in [4.69, 9.17) is 24.5 Å². The van der Waals surface area contributed by atoms with Crippen LogP contribution in [0, 0.1) is 5.82 Å². The number of carboxylic acids is 2. The molecule has 1 amide bonds. The molecule has 0 spiro atoms. The lowest BCUT2D eigenvalue weighted by Crippen LogP contribution is -2.48. The SMILES string of the molecule is CCOc1cccc(C(=O)NCc2ccc(F)c(-c3cccc(CN4CCNC(C)C4)c3)c2)c1.O=C(O)C(F)(F)F.O=C(O)C(F)(F)F. The molecule has 3 aromatic rings. The highest BCUT2D eigenvalue weighted by Crippen LogP contribution is 2.26. The molecule has 1 fully saturated rings. The van der Waals surface area contributed by atoms with Gasteiger partial charge in [-0.1, -0.05) is 30.3 Å². The number of carbonyl (C=O) groups excluding carboxylic acids is 1. The first kappa shape index (κ1) is 39.5. The van der Waals surface area contributed by atoms with Gasteiger partial charge in [0.1, 0.15) is 11.6 Å². The lowest BCUT2D eigenvalue weighted by atomic mass is 10.00. The smallest absolute Gasteiger partial charge is 0.490 e. The van der Waals surface area contributed by atoms with E-state index in [-0.39, 0.29) is 11.7 Å². The minimum Gasteiger partial charge on any atom is -0.494 e. The van der Waals surface area contributed by atoms with Gasteiger partial charge in [0, 0.05) is 49.9 Å². The zero-order valence-corrected chi connectivity index (χ0v) is 25.8. The van der Waals surface area contributed by atoms with Gasteiger partial charge in [-0.05, 0) is 66.9 Å². The molecule has 48 heavy (non-hydrogen) atoms. The van der Waals surface area contributed by atoms with E-state index in [2.05, 4.69) is 34.6 Å². The topological polar surface area (TPSA) is 128 Å². The maximum atomic E-state index is 14.8. The molecule has 1 atom stereocenters. The van der Waals surface area contributed by atoms with Crippen molar-refractivity contribution in [3.05, 3.63) is 89.2 Å². The Labute approximate surface area is 271 Å². The summed E-state index contributed by atoms with van der Waals surface area (Å²) in [5.41, 5.74) is 3.92. The van der Waals surface area contributed by atoms with E-state index in [1.165, 1.54) is 11.6 Å². The summed E-state index contributed by atoms with van der Waals surface area (Å²) in [5.74, 6) is -5.32. The number of ether oxygens (including phenoxy) is 1. The monoisotopic (exact) mass is 689 g/mol. The van der Waals surface area contributed by atoms with Gasteiger partial charge in [-0.25, -0.2) is 14.0 Å². The number of nitrogens with one attached hydrogen (secondary N) is 2. The van der Waals surface area contributed by atoms with Crippen molar-refractivity contribution in [2.45, 2.75) is 45.3 Å². The molecular formula is C32H34F7N3O6. The Morgan fingerprint density at radius 1 is 0.917 bits per heavy atom. The second-order valence-electron chi connectivity index (χ2n) is 10.4. The van der Waals surface area contributed by atoms with Crippen molar-refractivity contribution in [3.63, 3.8) is 0 Å². The average Bonchev–Trinajstić information content (AvgIpc) is 3.00. The summed E-state index contributed by atoms with van der Waals surface area (Å²) >= 11 is 0. The van der Waals surface area contributed by atoms with Gasteiger partial charge in [0.05, 0.1) is 6.61 Å². The highest BCUT2D eigenvalue weighted by molar-refractivity contribution is 5.94. The molecule has 0 aromatic heterocycles. The standard InChI is InChI=1S/C28H32FN3O2.2C2HF3O2/c1-3-34-25-9-5-8-24(16-25)28(33)31-17-21-10-11-27(29)26(15-21)23-7-4-6-22(14-23)19-32-13-12-30-20(2)18-32;2*3-2(4,5)1(6)7/h4-11,14-16,20,30H,3,12-13,17-19H2,1-2H3,(H,31,33);2*(H,6,7). The molecule has 0 saturated carbocycles. The number of halogens is 7. The predicted molar refractivity (Wildman–Crippen MR) is 161 cm³/mol. The molecule has 1 unspecified atom stereocenters. The summed E-state index contributed by atoms with van der Waals surface area (Å²) in [6.07, 6.45) is -10.2. The fraction of sp³-hybridized carbons (Fsp3) is 0.344. The first-order valence-corrected chi connectivity index (χ1v) is 14.4. The minimum atomic E-state index is -5.08. The second-order valence-corrected chi connectivity index (χ2v) is 10.4. The van der Waals surface area contributed by atoms with Crippen LogP contribution >= 0.6 is 0 Å². The van der Waals surface area contributed by atoms with Crippen LogP contribution in [-0.4, -0.2) is 77.6 Å². The maximum Gasteiger partial charge on any atom is 0.490 e. The van der Waals surface area contributed by atoms with Gasteiger partial charge in [0.2, 0.25) is 0 Å². The van der Waals surface area contributed by atoms with Gasteiger partial charge in [-0.15, -0.1) is 0 Å². The van der Waals surface area contributed by atoms with Crippen LogP contribution in [0.5, 0.6) is 5.75 Å². The summed E-state index contributed by atoms with van der Waals surface area (Å²) in [7, 11) is 0. The molecular weight excluding hydrogens is 655 g/mol. The van der Waals surface area contributed by atoms with Crippen LogP contribution < -0.4 is 15.4 Å². The molecule has 0 bridgehead atoms. The van der Waals surface area contributed by atoms with Crippen LogP contribution in [0.1, 0.15) is 35.3 Å². The van der Waals surface area contributed by atoms with Crippen molar-refractivity contribution in [1.82, 2.24) is 15.5 Å². The summed E-state index contributed by atoms with van der Waals surface area (Å²) < 4.78 is 83.7. The average molecular weight is 690 g/mol. The molecule has 0 radical (unpaired) electrons. The second kappa shape index (κ2) is 18.0. The van der Waals surface area contributed by atoms with Crippen molar-refractivity contribution < 1.29 is 60.1 Å². The van der Waals surface area contributed by atoms with Gasteiger partial charge in [-0.2, -0.15) is 26.3 Å². The molecule has 0 aliphatic carbocycles. The number of rotatable bonds is 8. The zero-order chi connectivity index (χ0) is 36.1. The van der Waals surface area contributed by atoms with Crippen molar-refractivity contribution in [2.24, 2.45) is 0 Å². The summed E-state index contributed by atoms with van der Waals surface area (Å²) in [6, 6.07) is 20.6. The Kier molecular flexibility index (Phi) is 14.8. The molecule has 1 saturated heterocycles. The van der Waals surface area contributed by atoms with Gasteiger partial charge in [-0.3, -0.25) is 9.69 Å². The van der Waals surface area contributed by atoms with Crippen LogP contribution in [0.25, 0.3) is 11.1 Å². The van der Waals surface area contributed by atoms with Crippen LogP contribution in [0.2, 0.25) is 0 Å². The first-order chi connectivity index (χ1) is 22.4. The van der Waals surface area contributed by atoms with E-state index in [9.17, 15) is 35.5 Å². The predicted octanol–water partition coefficient (Wildman–Crippen LogP) is 5.88. The molecule has 4 rings (SSSR count). The van der Waals surface area contributed by atoms with Gasteiger partial charge >= 0.3 is 24.3 Å². The van der Waals surface area contributed by atoms with Crippen molar-refractivity contribution in [2.75, 3.05) is 26.2 Å². The molecule has 1 heterocycles. The lowest BCUT2D eigenvalue weighted by Gasteiger charge is -2.31. The van der Waals surface area contributed by atoms with Crippen LogP contribution in [0.3, 0.4) is 0 Å². The molecule has 1 aliphatic rings. The number of carboxylic acid groups (broad SMARTS) is 2. The Balaban J connectivity index is 0.000000479.